The molecule has 1 N–H and O–H groups in total. The van der Waals surface area contributed by atoms with E-state index in [0.29, 0.717) is 21.5 Å². The number of rotatable bonds is 8. The third-order valence-electron chi connectivity index (χ3n) is 4.49. The van der Waals surface area contributed by atoms with Crippen molar-refractivity contribution in [2.45, 2.75) is 6.92 Å². The number of carbonyl (C=O) groups is 1. The first-order valence-corrected chi connectivity index (χ1v) is 11.8. The summed E-state index contributed by atoms with van der Waals surface area (Å²) in [7, 11) is 0. The molecule has 0 aliphatic rings. The summed E-state index contributed by atoms with van der Waals surface area (Å²) in [6.45, 7) is 2.24. The number of halogens is 2. The van der Waals surface area contributed by atoms with Crippen LogP contribution in [0.15, 0.2) is 71.5 Å². The lowest BCUT2D eigenvalue weighted by molar-refractivity contribution is -0.123. The number of hydrogen-bond donors (Lipinski definition) is 1. The fraction of sp³-hybridized carbons (Fsp3) is 0.130. The number of hydrogen-bond acceptors (Lipinski definition) is 7. The summed E-state index contributed by atoms with van der Waals surface area (Å²) < 4.78 is 12.8. The second-order valence-corrected chi connectivity index (χ2v) is 8.45. The van der Waals surface area contributed by atoms with E-state index in [1.807, 2.05) is 47.2 Å². The van der Waals surface area contributed by atoms with Gasteiger partial charge in [0.25, 0.3) is 5.91 Å². The SMILES string of the molecule is CCOc1ccc(-n2c(-c3ccc(Cl)cc3Cl)cs/c2=N/NC(=O)COc2cnccn2)cc1. The van der Waals surface area contributed by atoms with Gasteiger partial charge in [-0.25, -0.2) is 10.4 Å². The van der Waals surface area contributed by atoms with Crippen LogP contribution in [-0.4, -0.2) is 33.7 Å². The summed E-state index contributed by atoms with van der Waals surface area (Å²) >= 11 is 13.9. The van der Waals surface area contributed by atoms with Gasteiger partial charge in [-0.1, -0.05) is 23.2 Å². The minimum Gasteiger partial charge on any atom is -0.494 e. The molecular formula is C23H19Cl2N5O3S. The van der Waals surface area contributed by atoms with Crippen LogP contribution in [0.5, 0.6) is 11.6 Å². The van der Waals surface area contributed by atoms with E-state index in [2.05, 4.69) is 20.5 Å². The Morgan fingerprint density at radius 3 is 2.68 bits per heavy atom. The maximum atomic E-state index is 12.3. The number of nitrogens with zero attached hydrogens (tertiary/aromatic N) is 4. The zero-order valence-electron chi connectivity index (χ0n) is 17.9. The van der Waals surface area contributed by atoms with Crippen LogP contribution in [0, 0.1) is 0 Å². The van der Waals surface area contributed by atoms with Crippen LogP contribution in [0.1, 0.15) is 6.92 Å². The number of nitrogens with one attached hydrogen (secondary N) is 1. The summed E-state index contributed by atoms with van der Waals surface area (Å²) in [6.07, 6.45) is 4.42. The molecule has 0 atom stereocenters. The van der Waals surface area contributed by atoms with Crippen molar-refractivity contribution in [3.63, 3.8) is 0 Å². The highest BCUT2D eigenvalue weighted by Gasteiger charge is 2.14. The van der Waals surface area contributed by atoms with E-state index < -0.39 is 5.91 Å². The number of amides is 1. The molecule has 0 spiro atoms. The number of benzene rings is 2. The Kier molecular flexibility index (Phi) is 7.79. The fourth-order valence-electron chi connectivity index (χ4n) is 3.02. The summed E-state index contributed by atoms with van der Waals surface area (Å²) in [5.41, 5.74) is 4.90. The third kappa shape index (κ3) is 5.74. The highest BCUT2D eigenvalue weighted by atomic mass is 35.5. The Balaban J connectivity index is 1.66. The van der Waals surface area contributed by atoms with Crippen molar-refractivity contribution in [1.29, 1.82) is 0 Å². The van der Waals surface area contributed by atoms with Gasteiger partial charge >= 0.3 is 0 Å². The summed E-state index contributed by atoms with van der Waals surface area (Å²) in [5, 5.41) is 7.26. The van der Waals surface area contributed by atoms with Crippen molar-refractivity contribution in [3.05, 3.63) is 81.3 Å². The molecule has 0 saturated heterocycles. The Morgan fingerprint density at radius 2 is 1.97 bits per heavy atom. The summed E-state index contributed by atoms with van der Waals surface area (Å²) in [6, 6.07) is 12.8. The zero-order valence-corrected chi connectivity index (χ0v) is 20.3. The standard InChI is InChI=1S/C23H19Cl2N5O3S/c1-2-32-17-6-4-16(5-7-17)30-20(18-8-3-15(24)11-19(18)25)14-34-23(30)29-28-21(31)13-33-22-12-26-9-10-27-22/h3-12,14H,2,13H2,1H3,(H,28,31)/b29-23+. The molecule has 8 nitrogen and oxygen atoms in total. The quantitative estimate of drug-likeness (QED) is 0.343. The van der Waals surface area contributed by atoms with Gasteiger partial charge in [0, 0.05) is 34.0 Å². The molecule has 11 heteroatoms. The number of carbonyl (C=O) groups excluding carboxylic acids is 1. The molecule has 0 radical (unpaired) electrons. The first kappa shape index (κ1) is 23.7. The Bertz CT molecular complexity index is 1340. The van der Waals surface area contributed by atoms with Gasteiger partial charge in [0.2, 0.25) is 10.7 Å². The average Bonchev–Trinajstić information content (AvgIpc) is 3.26. The predicted molar refractivity (Wildman–Crippen MR) is 132 cm³/mol. The molecule has 2 heterocycles. The second-order valence-electron chi connectivity index (χ2n) is 6.77. The van der Waals surface area contributed by atoms with Gasteiger partial charge in [0.05, 0.1) is 23.5 Å². The lowest BCUT2D eigenvalue weighted by atomic mass is 10.1. The van der Waals surface area contributed by atoms with Crippen LogP contribution in [0.4, 0.5) is 0 Å². The van der Waals surface area contributed by atoms with Crippen LogP contribution in [-0.2, 0) is 4.79 Å². The molecule has 34 heavy (non-hydrogen) atoms. The molecule has 174 valence electrons. The van der Waals surface area contributed by atoms with E-state index in [4.69, 9.17) is 32.7 Å². The van der Waals surface area contributed by atoms with Crippen LogP contribution < -0.4 is 19.7 Å². The second kappa shape index (κ2) is 11.1. The molecule has 0 fully saturated rings. The van der Waals surface area contributed by atoms with Crippen LogP contribution in [0.25, 0.3) is 16.9 Å². The van der Waals surface area contributed by atoms with Crippen molar-refractivity contribution in [3.8, 4) is 28.6 Å². The van der Waals surface area contributed by atoms with Crippen molar-refractivity contribution in [2.24, 2.45) is 5.10 Å². The first-order valence-electron chi connectivity index (χ1n) is 10.2. The Labute approximate surface area is 209 Å². The summed E-state index contributed by atoms with van der Waals surface area (Å²) in [4.78, 5) is 20.7. The molecule has 4 rings (SSSR count). The van der Waals surface area contributed by atoms with Crippen molar-refractivity contribution in [1.82, 2.24) is 20.0 Å². The van der Waals surface area contributed by atoms with Gasteiger partial charge in [-0.2, -0.15) is 0 Å². The maximum Gasteiger partial charge on any atom is 0.278 e. The fourth-order valence-corrected chi connectivity index (χ4v) is 4.39. The van der Waals surface area contributed by atoms with Gasteiger partial charge < -0.3 is 9.47 Å². The molecular weight excluding hydrogens is 497 g/mol. The van der Waals surface area contributed by atoms with Gasteiger partial charge in [0.15, 0.2) is 6.61 Å². The van der Waals surface area contributed by atoms with Gasteiger partial charge in [-0.05, 0) is 49.4 Å². The molecule has 0 bridgehead atoms. The van der Waals surface area contributed by atoms with Crippen molar-refractivity contribution < 1.29 is 14.3 Å². The van der Waals surface area contributed by atoms with Gasteiger partial charge in [-0.15, -0.1) is 16.4 Å². The highest BCUT2D eigenvalue weighted by molar-refractivity contribution is 7.07. The highest BCUT2D eigenvalue weighted by Crippen LogP contribution is 2.32. The average molecular weight is 516 g/mol. The molecule has 2 aromatic heterocycles. The lowest BCUT2D eigenvalue weighted by Crippen LogP contribution is -2.28. The molecule has 4 aromatic rings. The van der Waals surface area contributed by atoms with Crippen LogP contribution >= 0.6 is 34.5 Å². The largest absolute Gasteiger partial charge is 0.494 e. The van der Waals surface area contributed by atoms with E-state index >= 15 is 0 Å². The van der Waals surface area contributed by atoms with E-state index in [0.717, 1.165) is 22.7 Å². The molecule has 0 saturated carbocycles. The normalized spacial score (nSPS) is 11.3. The molecule has 2 aromatic carbocycles. The molecule has 0 aliphatic carbocycles. The topological polar surface area (TPSA) is 90.6 Å². The monoisotopic (exact) mass is 515 g/mol. The maximum absolute atomic E-state index is 12.3. The number of thiazole rings is 1. The minimum absolute atomic E-state index is 0.248. The molecule has 0 aliphatic heterocycles. The number of aromatic nitrogens is 3. The third-order valence-corrected chi connectivity index (χ3v) is 5.86. The smallest absolute Gasteiger partial charge is 0.278 e. The van der Waals surface area contributed by atoms with E-state index in [9.17, 15) is 4.79 Å². The Morgan fingerprint density at radius 1 is 1.15 bits per heavy atom. The first-order chi connectivity index (χ1) is 16.5. The van der Waals surface area contributed by atoms with Crippen LogP contribution in [0.3, 0.4) is 0 Å². The summed E-state index contributed by atoms with van der Waals surface area (Å²) in [5.74, 6) is 0.558. The molecule has 1 amide bonds. The lowest BCUT2D eigenvalue weighted by Gasteiger charge is -2.12. The van der Waals surface area contributed by atoms with E-state index in [1.165, 1.54) is 29.9 Å². The van der Waals surface area contributed by atoms with Crippen LogP contribution in [0.2, 0.25) is 10.0 Å². The van der Waals surface area contributed by atoms with Gasteiger partial charge in [0.1, 0.15) is 5.75 Å². The Hall–Kier alpha value is -3.40. The minimum atomic E-state index is -0.441. The molecule has 0 unspecified atom stereocenters. The van der Waals surface area contributed by atoms with Crippen molar-refractivity contribution in [2.75, 3.05) is 13.2 Å². The van der Waals surface area contributed by atoms with E-state index in [-0.39, 0.29) is 12.5 Å². The predicted octanol–water partition coefficient (Wildman–Crippen LogP) is 4.71. The zero-order chi connectivity index (χ0) is 23.9. The van der Waals surface area contributed by atoms with E-state index in [1.54, 1.807) is 12.1 Å². The number of ether oxygens (including phenoxy) is 2. The van der Waals surface area contributed by atoms with Crippen molar-refractivity contribution >= 4 is 40.4 Å². The van der Waals surface area contributed by atoms with Gasteiger partial charge in [-0.3, -0.25) is 14.3 Å².